The summed E-state index contributed by atoms with van der Waals surface area (Å²) in [5.41, 5.74) is -0.569. The fourth-order valence-electron chi connectivity index (χ4n) is 2.64. The highest BCUT2D eigenvalue weighted by molar-refractivity contribution is 5.98. The molecule has 4 nitrogen and oxygen atoms in total. The topological polar surface area (TPSA) is 66.4 Å². The maximum atomic E-state index is 12.4. The average molecular weight is 319 g/mol. The molecule has 1 atom stereocenters. The summed E-state index contributed by atoms with van der Waals surface area (Å²) in [5, 5.41) is 14.3. The molecule has 0 aliphatic heterocycles. The zero-order valence-corrected chi connectivity index (χ0v) is 13.2. The molecule has 3 rings (SSSR count). The number of benzene rings is 3. The molecule has 3 aromatic carbocycles. The highest BCUT2D eigenvalue weighted by Crippen LogP contribution is 2.26. The van der Waals surface area contributed by atoms with Crippen molar-refractivity contribution in [3.05, 3.63) is 83.9 Å². The minimum Gasteiger partial charge on any atom is -0.479 e. The smallest absolute Gasteiger partial charge is 0.333 e. The van der Waals surface area contributed by atoms with Gasteiger partial charge in [-0.1, -0.05) is 54.6 Å². The van der Waals surface area contributed by atoms with E-state index in [0.717, 1.165) is 10.8 Å². The van der Waals surface area contributed by atoms with E-state index in [1.165, 1.54) is 6.92 Å². The first kappa shape index (κ1) is 15.7. The Bertz CT molecular complexity index is 905. The Morgan fingerprint density at radius 3 is 2.17 bits per heavy atom. The summed E-state index contributed by atoms with van der Waals surface area (Å²) < 4.78 is 0. The Morgan fingerprint density at radius 1 is 0.875 bits per heavy atom. The highest BCUT2D eigenvalue weighted by Gasteiger charge is 2.37. The van der Waals surface area contributed by atoms with E-state index in [0.29, 0.717) is 11.1 Å². The molecule has 0 spiro atoms. The first-order valence-electron chi connectivity index (χ1n) is 7.61. The standard InChI is InChI=1S/C20H17NO3/c1-20(19(23)24,21-18(22)15-8-3-2-4-9-15)17-12-11-14-7-5-6-10-16(14)13-17/h2-13H,1H3,(H,21,22)(H,23,24). The number of carboxylic acid groups (broad SMARTS) is 1. The number of nitrogens with one attached hydrogen (secondary N) is 1. The lowest BCUT2D eigenvalue weighted by molar-refractivity contribution is -0.144. The van der Waals surface area contributed by atoms with Gasteiger partial charge in [0.2, 0.25) is 0 Å². The summed E-state index contributed by atoms with van der Waals surface area (Å²) in [4.78, 5) is 24.3. The van der Waals surface area contributed by atoms with Gasteiger partial charge in [0, 0.05) is 5.56 Å². The Labute approximate surface area is 139 Å². The van der Waals surface area contributed by atoms with Gasteiger partial charge in [-0.15, -0.1) is 0 Å². The van der Waals surface area contributed by atoms with Gasteiger partial charge in [-0.3, -0.25) is 4.79 Å². The summed E-state index contributed by atoms with van der Waals surface area (Å²) >= 11 is 0. The quantitative estimate of drug-likeness (QED) is 0.772. The fourth-order valence-corrected chi connectivity index (χ4v) is 2.64. The molecule has 0 aliphatic carbocycles. The first-order chi connectivity index (χ1) is 11.5. The predicted molar refractivity (Wildman–Crippen MR) is 92.8 cm³/mol. The van der Waals surface area contributed by atoms with Crippen molar-refractivity contribution in [1.29, 1.82) is 0 Å². The molecule has 0 saturated heterocycles. The molecule has 0 bridgehead atoms. The molecule has 1 unspecified atom stereocenters. The van der Waals surface area contributed by atoms with Crippen molar-refractivity contribution < 1.29 is 14.7 Å². The molecule has 3 aromatic rings. The van der Waals surface area contributed by atoms with Crippen LogP contribution in [0.5, 0.6) is 0 Å². The molecule has 0 saturated carbocycles. The van der Waals surface area contributed by atoms with Crippen LogP contribution >= 0.6 is 0 Å². The maximum Gasteiger partial charge on any atom is 0.333 e. The molecule has 0 heterocycles. The van der Waals surface area contributed by atoms with Gasteiger partial charge in [0.1, 0.15) is 0 Å². The van der Waals surface area contributed by atoms with Crippen molar-refractivity contribution >= 4 is 22.6 Å². The predicted octanol–water partition coefficient (Wildman–Crippen LogP) is 3.57. The summed E-state index contributed by atoms with van der Waals surface area (Å²) in [7, 11) is 0. The van der Waals surface area contributed by atoms with E-state index < -0.39 is 17.4 Å². The molecular weight excluding hydrogens is 302 g/mol. The van der Waals surface area contributed by atoms with Crippen LogP contribution in [0.1, 0.15) is 22.8 Å². The normalized spacial score (nSPS) is 13.2. The number of fused-ring (bicyclic) bond motifs is 1. The van der Waals surface area contributed by atoms with Crippen LogP contribution in [0.2, 0.25) is 0 Å². The van der Waals surface area contributed by atoms with Crippen molar-refractivity contribution in [2.45, 2.75) is 12.5 Å². The molecule has 2 N–H and O–H groups in total. The molecule has 120 valence electrons. The van der Waals surface area contributed by atoms with Crippen LogP contribution < -0.4 is 5.32 Å². The van der Waals surface area contributed by atoms with Crippen LogP contribution in [0, 0.1) is 0 Å². The summed E-state index contributed by atoms with van der Waals surface area (Å²) in [6.07, 6.45) is 0. The SMILES string of the molecule is CC(NC(=O)c1ccccc1)(C(=O)O)c1ccc2ccccc2c1. The van der Waals surface area contributed by atoms with E-state index in [4.69, 9.17) is 0 Å². The molecule has 4 heteroatoms. The van der Waals surface area contributed by atoms with Gasteiger partial charge in [-0.05, 0) is 41.5 Å². The molecule has 0 radical (unpaired) electrons. The fraction of sp³-hybridized carbons (Fsp3) is 0.100. The second-order valence-electron chi connectivity index (χ2n) is 5.81. The van der Waals surface area contributed by atoms with Crippen LogP contribution in [0.15, 0.2) is 72.8 Å². The average Bonchev–Trinajstić information content (AvgIpc) is 2.61. The van der Waals surface area contributed by atoms with Crippen molar-refractivity contribution in [2.24, 2.45) is 0 Å². The lowest BCUT2D eigenvalue weighted by Gasteiger charge is -2.27. The minimum absolute atomic E-state index is 0.422. The lowest BCUT2D eigenvalue weighted by Crippen LogP contribution is -2.49. The summed E-state index contributed by atoms with van der Waals surface area (Å²) in [6.45, 7) is 1.50. The number of hydrogen-bond donors (Lipinski definition) is 2. The van der Waals surface area contributed by atoms with Crippen LogP contribution in [-0.4, -0.2) is 17.0 Å². The number of hydrogen-bond acceptors (Lipinski definition) is 2. The van der Waals surface area contributed by atoms with E-state index in [2.05, 4.69) is 5.32 Å². The van der Waals surface area contributed by atoms with E-state index in [9.17, 15) is 14.7 Å². The zero-order chi connectivity index (χ0) is 17.2. The van der Waals surface area contributed by atoms with Crippen LogP contribution in [0.4, 0.5) is 0 Å². The van der Waals surface area contributed by atoms with Crippen molar-refractivity contribution in [1.82, 2.24) is 5.32 Å². The Kier molecular flexibility index (Phi) is 4.04. The third-order valence-electron chi connectivity index (χ3n) is 4.15. The third-order valence-corrected chi connectivity index (χ3v) is 4.15. The lowest BCUT2D eigenvalue weighted by atomic mass is 9.90. The number of carbonyl (C=O) groups excluding carboxylic acids is 1. The summed E-state index contributed by atoms with van der Waals surface area (Å²) in [6, 6.07) is 21.7. The van der Waals surface area contributed by atoms with Gasteiger partial charge in [-0.25, -0.2) is 4.79 Å². The van der Waals surface area contributed by atoms with E-state index in [-0.39, 0.29) is 0 Å². The summed E-state index contributed by atoms with van der Waals surface area (Å²) in [5.74, 6) is -1.53. The van der Waals surface area contributed by atoms with Crippen molar-refractivity contribution in [2.75, 3.05) is 0 Å². The zero-order valence-electron chi connectivity index (χ0n) is 13.2. The molecule has 24 heavy (non-hydrogen) atoms. The van der Waals surface area contributed by atoms with Crippen LogP contribution in [0.3, 0.4) is 0 Å². The van der Waals surface area contributed by atoms with Crippen LogP contribution in [0.25, 0.3) is 10.8 Å². The molecule has 0 aromatic heterocycles. The minimum atomic E-state index is -1.52. The number of carbonyl (C=O) groups is 2. The van der Waals surface area contributed by atoms with Gasteiger partial charge >= 0.3 is 5.97 Å². The van der Waals surface area contributed by atoms with Gasteiger partial charge in [0.05, 0.1) is 0 Å². The highest BCUT2D eigenvalue weighted by atomic mass is 16.4. The number of amides is 1. The molecule has 0 aliphatic rings. The molecule has 1 amide bonds. The van der Waals surface area contributed by atoms with Crippen molar-refractivity contribution in [3.63, 3.8) is 0 Å². The third kappa shape index (κ3) is 2.86. The van der Waals surface area contributed by atoms with E-state index in [1.807, 2.05) is 30.3 Å². The monoisotopic (exact) mass is 319 g/mol. The molecular formula is C20H17NO3. The van der Waals surface area contributed by atoms with Gasteiger partial charge in [0.25, 0.3) is 5.91 Å². The second-order valence-corrected chi connectivity index (χ2v) is 5.81. The van der Waals surface area contributed by atoms with E-state index in [1.54, 1.807) is 42.5 Å². The molecule has 0 fully saturated rings. The van der Waals surface area contributed by atoms with Crippen LogP contribution in [-0.2, 0) is 10.3 Å². The van der Waals surface area contributed by atoms with E-state index >= 15 is 0 Å². The number of rotatable bonds is 4. The number of carboxylic acids is 1. The Hall–Kier alpha value is -3.14. The second kappa shape index (κ2) is 6.16. The van der Waals surface area contributed by atoms with Gasteiger partial charge in [-0.2, -0.15) is 0 Å². The Morgan fingerprint density at radius 2 is 1.50 bits per heavy atom. The largest absolute Gasteiger partial charge is 0.479 e. The Balaban J connectivity index is 2.00. The first-order valence-corrected chi connectivity index (χ1v) is 7.61. The maximum absolute atomic E-state index is 12.4. The van der Waals surface area contributed by atoms with Gasteiger partial charge in [0.15, 0.2) is 5.54 Å². The van der Waals surface area contributed by atoms with Gasteiger partial charge < -0.3 is 10.4 Å². The van der Waals surface area contributed by atoms with Crippen molar-refractivity contribution in [3.8, 4) is 0 Å². The number of aliphatic carboxylic acids is 1.